The largest absolute Gasteiger partial charge is 0.341 e. The number of benzene rings is 1. The third-order valence-electron chi connectivity index (χ3n) is 4.55. The lowest BCUT2D eigenvalue weighted by Crippen LogP contribution is -2.35. The number of carbonyl (C=O) groups is 1. The van der Waals surface area contributed by atoms with Gasteiger partial charge in [0.15, 0.2) is 5.69 Å². The van der Waals surface area contributed by atoms with E-state index in [4.69, 9.17) is 0 Å². The first kappa shape index (κ1) is 16.7. The molecule has 1 aromatic carbocycles. The predicted molar refractivity (Wildman–Crippen MR) is 93.1 cm³/mol. The van der Waals surface area contributed by atoms with Crippen molar-refractivity contribution in [2.75, 3.05) is 6.26 Å². The fraction of sp³-hybridized carbons (Fsp3) is 0.222. The molecule has 1 aliphatic carbocycles. The molecule has 1 aliphatic rings. The smallest absolute Gasteiger partial charge is 0.272 e. The number of amides is 1. The van der Waals surface area contributed by atoms with E-state index < -0.39 is 21.3 Å². The van der Waals surface area contributed by atoms with E-state index in [1.54, 1.807) is 42.6 Å². The Morgan fingerprint density at radius 1 is 1.19 bits per heavy atom. The molecule has 6 nitrogen and oxygen atoms in total. The molecule has 1 saturated carbocycles. The Morgan fingerprint density at radius 2 is 1.88 bits per heavy atom. The Labute approximate surface area is 149 Å². The molecular weight excluding hydrogens is 357 g/mol. The Kier molecular flexibility index (Phi) is 3.62. The second kappa shape index (κ2) is 5.63. The summed E-state index contributed by atoms with van der Waals surface area (Å²) in [5, 5.41) is 2.65. The van der Waals surface area contributed by atoms with Crippen LogP contribution in [0.2, 0.25) is 0 Å². The van der Waals surface area contributed by atoms with Crippen LogP contribution in [0.1, 0.15) is 28.9 Å². The molecule has 0 atom stereocenters. The second-order valence-corrected chi connectivity index (χ2v) is 8.40. The molecule has 1 amide bonds. The highest BCUT2D eigenvalue weighted by Crippen LogP contribution is 2.46. The van der Waals surface area contributed by atoms with Crippen molar-refractivity contribution in [3.63, 3.8) is 0 Å². The van der Waals surface area contributed by atoms with Crippen molar-refractivity contribution in [2.45, 2.75) is 23.5 Å². The van der Waals surface area contributed by atoms with Gasteiger partial charge in [0.2, 0.25) is 15.0 Å². The van der Waals surface area contributed by atoms with Crippen LogP contribution in [0.4, 0.5) is 4.39 Å². The zero-order valence-electron chi connectivity index (χ0n) is 13.9. The van der Waals surface area contributed by atoms with Gasteiger partial charge in [0.1, 0.15) is 5.82 Å². The zero-order valence-corrected chi connectivity index (χ0v) is 14.8. The van der Waals surface area contributed by atoms with E-state index in [9.17, 15) is 17.6 Å². The first-order chi connectivity index (χ1) is 12.3. The van der Waals surface area contributed by atoms with Crippen molar-refractivity contribution < 1.29 is 17.6 Å². The summed E-state index contributed by atoms with van der Waals surface area (Å²) in [7, 11) is -3.62. The zero-order chi connectivity index (χ0) is 18.5. The van der Waals surface area contributed by atoms with Crippen LogP contribution in [0.25, 0.3) is 5.52 Å². The maximum Gasteiger partial charge on any atom is 0.272 e. The number of pyridine rings is 1. The van der Waals surface area contributed by atoms with Gasteiger partial charge < -0.3 is 5.32 Å². The van der Waals surface area contributed by atoms with Gasteiger partial charge in [0, 0.05) is 18.0 Å². The van der Waals surface area contributed by atoms with Crippen LogP contribution in [0.5, 0.6) is 0 Å². The van der Waals surface area contributed by atoms with Crippen LogP contribution < -0.4 is 5.32 Å². The molecule has 0 spiro atoms. The van der Waals surface area contributed by atoms with Gasteiger partial charge in [-0.05, 0) is 31.0 Å². The number of hydrogen-bond donors (Lipinski definition) is 1. The van der Waals surface area contributed by atoms with E-state index in [-0.39, 0.29) is 16.7 Å². The normalized spacial score (nSPS) is 15.8. The summed E-state index contributed by atoms with van der Waals surface area (Å²) in [5.41, 5.74) is 0.0573. The van der Waals surface area contributed by atoms with Gasteiger partial charge in [-0.15, -0.1) is 0 Å². The maximum absolute atomic E-state index is 14.1. The Bertz CT molecular complexity index is 1130. The average molecular weight is 373 g/mol. The molecule has 2 heterocycles. The molecule has 0 aliphatic heterocycles. The number of halogens is 1. The third-order valence-corrected chi connectivity index (χ3v) is 5.51. The standard InChI is InChI=1S/C18H16FN3O3S/c1-26(24,25)17-20-15(14-8-4-5-11-22(14)17)16(23)21-18(9-10-18)12-6-2-3-7-13(12)19/h2-8,11H,9-10H2,1H3,(H,21,23). The van der Waals surface area contributed by atoms with Gasteiger partial charge >= 0.3 is 0 Å². The van der Waals surface area contributed by atoms with Crippen LogP contribution >= 0.6 is 0 Å². The quantitative estimate of drug-likeness (QED) is 0.761. The molecule has 0 radical (unpaired) electrons. The topological polar surface area (TPSA) is 80.5 Å². The summed E-state index contributed by atoms with van der Waals surface area (Å²) >= 11 is 0. The maximum atomic E-state index is 14.1. The minimum atomic E-state index is -3.62. The van der Waals surface area contributed by atoms with Gasteiger partial charge in [-0.3, -0.25) is 9.20 Å². The first-order valence-electron chi connectivity index (χ1n) is 8.06. The van der Waals surface area contributed by atoms with Crippen molar-refractivity contribution >= 4 is 21.3 Å². The van der Waals surface area contributed by atoms with Gasteiger partial charge in [-0.2, -0.15) is 0 Å². The van der Waals surface area contributed by atoms with Crippen molar-refractivity contribution in [1.82, 2.24) is 14.7 Å². The molecule has 4 rings (SSSR count). The number of rotatable bonds is 4. The highest BCUT2D eigenvalue weighted by molar-refractivity contribution is 7.90. The molecule has 3 aromatic rings. The SMILES string of the molecule is CS(=O)(=O)c1nc(C(=O)NC2(c3ccccc3F)CC2)c2ccccn12. The fourth-order valence-corrected chi connectivity index (χ4v) is 3.92. The monoisotopic (exact) mass is 373 g/mol. The van der Waals surface area contributed by atoms with Crippen LogP contribution in [0.15, 0.2) is 53.8 Å². The first-order valence-corrected chi connectivity index (χ1v) is 9.96. The van der Waals surface area contributed by atoms with E-state index in [2.05, 4.69) is 10.3 Å². The molecule has 1 fully saturated rings. The number of hydrogen-bond acceptors (Lipinski definition) is 4. The van der Waals surface area contributed by atoms with Crippen molar-refractivity contribution in [1.29, 1.82) is 0 Å². The highest BCUT2D eigenvalue weighted by Gasteiger charge is 2.47. The Morgan fingerprint density at radius 3 is 2.54 bits per heavy atom. The minimum absolute atomic E-state index is 0.00800. The second-order valence-electron chi connectivity index (χ2n) is 6.49. The summed E-state index contributed by atoms with van der Waals surface area (Å²) in [4.78, 5) is 16.9. The van der Waals surface area contributed by atoms with Crippen LogP contribution in [-0.2, 0) is 15.4 Å². The molecule has 0 saturated heterocycles. The minimum Gasteiger partial charge on any atom is -0.341 e. The number of fused-ring (bicyclic) bond motifs is 1. The number of nitrogens with zero attached hydrogens (tertiary/aromatic N) is 2. The van der Waals surface area contributed by atoms with E-state index in [0.29, 0.717) is 23.9 Å². The molecule has 8 heteroatoms. The summed E-state index contributed by atoms with van der Waals surface area (Å²) in [6.45, 7) is 0. The van der Waals surface area contributed by atoms with Crippen LogP contribution in [-0.4, -0.2) is 30.0 Å². The molecule has 26 heavy (non-hydrogen) atoms. The number of imidazole rings is 1. The van der Waals surface area contributed by atoms with Crippen molar-refractivity contribution in [2.24, 2.45) is 0 Å². The van der Waals surface area contributed by atoms with E-state index in [1.165, 1.54) is 10.5 Å². The van der Waals surface area contributed by atoms with Gasteiger partial charge in [-0.25, -0.2) is 17.8 Å². The van der Waals surface area contributed by atoms with Crippen molar-refractivity contribution in [3.05, 3.63) is 65.7 Å². The van der Waals surface area contributed by atoms with Crippen molar-refractivity contribution in [3.8, 4) is 0 Å². The molecule has 2 aromatic heterocycles. The Hall–Kier alpha value is -2.74. The summed E-state index contributed by atoms with van der Waals surface area (Å²) < 4.78 is 39.5. The van der Waals surface area contributed by atoms with Gasteiger partial charge in [0.05, 0.1) is 11.1 Å². The number of nitrogens with one attached hydrogen (secondary N) is 1. The lowest BCUT2D eigenvalue weighted by molar-refractivity contribution is 0.0927. The number of carbonyl (C=O) groups excluding carboxylic acids is 1. The van der Waals surface area contributed by atoms with Gasteiger partial charge in [-0.1, -0.05) is 24.3 Å². The van der Waals surface area contributed by atoms with E-state index in [0.717, 1.165) is 6.26 Å². The van der Waals surface area contributed by atoms with Gasteiger partial charge in [0.25, 0.3) is 5.91 Å². The molecular formula is C18H16FN3O3S. The molecule has 0 bridgehead atoms. The number of aromatic nitrogens is 2. The lowest BCUT2D eigenvalue weighted by Gasteiger charge is -2.18. The van der Waals surface area contributed by atoms with Crippen LogP contribution in [0, 0.1) is 5.82 Å². The summed E-state index contributed by atoms with van der Waals surface area (Å²) in [6, 6.07) is 11.3. The van der Waals surface area contributed by atoms with E-state index >= 15 is 0 Å². The Balaban J connectivity index is 1.75. The predicted octanol–water partition coefficient (Wildman–Crippen LogP) is 2.30. The molecule has 1 N–H and O–H groups in total. The third kappa shape index (κ3) is 2.66. The summed E-state index contributed by atoms with van der Waals surface area (Å²) in [5.74, 6) is -0.902. The van der Waals surface area contributed by atoms with E-state index in [1.807, 2.05) is 0 Å². The van der Waals surface area contributed by atoms with Crippen LogP contribution in [0.3, 0.4) is 0 Å². The lowest BCUT2D eigenvalue weighted by atomic mass is 10.0. The molecule has 0 unspecified atom stereocenters. The molecule has 134 valence electrons. The average Bonchev–Trinajstić information content (AvgIpc) is 3.24. The number of sulfone groups is 1. The summed E-state index contributed by atoms with van der Waals surface area (Å²) in [6.07, 6.45) is 3.81. The highest BCUT2D eigenvalue weighted by atomic mass is 32.2. The fourth-order valence-electron chi connectivity index (χ4n) is 3.15.